The molecule has 75 heavy (non-hydrogen) atoms. The molecule has 0 atom stereocenters. The van der Waals surface area contributed by atoms with Gasteiger partial charge in [0.25, 0.3) is 6.71 Å². The maximum atomic E-state index is 10.9. The van der Waals surface area contributed by atoms with E-state index in [1.165, 1.54) is 0 Å². The van der Waals surface area contributed by atoms with Crippen molar-refractivity contribution in [3.05, 3.63) is 254 Å². The van der Waals surface area contributed by atoms with Crippen molar-refractivity contribution >= 4 is 101 Å². The lowest BCUT2D eigenvalue weighted by molar-refractivity contribution is 0.669. The second-order valence-electron chi connectivity index (χ2n) is 19.1. The number of rotatable bonds is 6. The van der Waals surface area contributed by atoms with Crippen molar-refractivity contribution in [1.29, 1.82) is 10.5 Å². The molecule has 2 aromatic heterocycles. The summed E-state index contributed by atoms with van der Waals surface area (Å²) < 4.78 is 45.4. The molecule has 15 rings (SSSR count). The first-order valence-corrected chi connectivity index (χ1v) is 24.9. The van der Waals surface area contributed by atoms with Crippen LogP contribution >= 0.6 is 0 Å². The molecule has 0 N–H and O–H groups in total. The van der Waals surface area contributed by atoms with Crippen molar-refractivity contribution in [2.45, 2.75) is 0 Å². The van der Waals surface area contributed by atoms with E-state index in [1.807, 2.05) is 97.1 Å². The molecule has 2 aliphatic rings. The smallest absolute Gasteiger partial charge is 0.252 e. The van der Waals surface area contributed by atoms with Gasteiger partial charge in [-0.15, -0.1) is 0 Å². The van der Waals surface area contributed by atoms with Gasteiger partial charge in [0.2, 0.25) is 0 Å². The first kappa shape index (κ1) is 38.4. The summed E-state index contributed by atoms with van der Waals surface area (Å²) in [6.07, 6.45) is 0. The molecule has 0 fully saturated rings. The van der Waals surface area contributed by atoms with Crippen LogP contribution in [0.5, 0.6) is 0 Å². The van der Waals surface area contributed by atoms with Crippen molar-refractivity contribution in [2.24, 2.45) is 0 Å². The van der Waals surface area contributed by atoms with Gasteiger partial charge in [0.05, 0.1) is 56.5 Å². The Morgan fingerprint density at radius 3 is 1.72 bits per heavy atom. The highest BCUT2D eigenvalue weighted by Gasteiger charge is 2.46. The molecule has 0 saturated heterocycles. The van der Waals surface area contributed by atoms with Crippen LogP contribution in [0.4, 0.5) is 34.1 Å². The van der Waals surface area contributed by atoms with Crippen molar-refractivity contribution < 1.29 is 9.90 Å². The Morgan fingerprint density at radius 2 is 1.00 bits per heavy atom. The van der Waals surface area contributed by atoms with E-state index >= 15 is 0 Å². The monoisotopic (exact) mass is 957 g/mol. The van der Waals surface area contributed by atoms with Crippen LogP contribution in [-0.4, -0.2) is 11.3 Å². The highest BCUT2D eigenvalue weighted by Crippen LogP contribution is 2.52. The minimum atomic E-state index is -0.476. The normalized spacial score (nSPS) is 13.2. The highest BCUT2D eigenvalue weighted by atomic mass is 16.3. The van der Waals surface area contributed by atoms with Crippen LogP contribution < -0.4 is 26.2 Å². The fourth-order valence-electron chi connectivity index (χ4n) is 12.1. The molecule has 0 radical (unpaired) electrons. The third kappa shape index (κ3) is 6.26. The SMILES string of the molecule is [2H]c1c([2H])c([2H])c2c(oc3c4c(ccc32)B2c3cc5c6ccccc6n(-c6ccccc6C#N)c5cc3N(c3ccccc3-c3ccccc3)c3cc(-c5ccccc5C#N)cc(c32)N4c2ccccc2-c2ccccc2)c1[2H]. The van der Waals surface area contributed by atoms with Crippen LogP contribution in [0.2, 0.25) is 0 Å². The number of furan rings is 1. The van der Waals surface area contributed by atoms with E-state index < -0.39 is 6.71 Å². The van der Waals surface area contributed by atoms with Crippen molar-refractivity contribution in [2.75, 3.05) is 9.80 Å². The maximum Gasteiger partial charge on any atom is 0.252 e. The molecule has 7 heteroatoms. The summed E-state index contributed by atoms with van der Waals surface area (Å²) in [6, 6.07) is 78.2. The molecule has 0 spiro atoms. The molecule has 0 aliphatic carbocycles. The van der Waals surface area contributed by atoms with Gasteiger partial charge in [0, 0.05) is 49.7 Å². The average molecular weight is 958 g/mol. The Balaban J connectivity index is 1.16. The molecule has 0 unspecified atom stereocenters. The lowest BCUT2D eigenvalue weighted by atomic mass is 9.33. The van der Waals surface area contributed by atoms with E-state index in [0.29, 0.717) is 33.2 Å². The van der Waals surface area contributed by atoms with E-state index in [2.05, 4.69) is 148 Å². The van der Waals surface area contributed by atoms with Gasteiger partial charge in [0.15, 0.2) is 5.58 Å². The number of fused-ring (bicyclic) bond motifs is 11. The second-order valence-corrected chi connectivity index (χ2v) is 19.1. The van der Waals surface area contributed by atoms with Gasteiger partial charge in [-0.3, -0.25) is 0 Å². The minimum absolute atomic E-state index is 0.0776. The minimum Gasteiger partial charge on any atom is -0.454 e. The Hall–Kier alpha value is -10.3. The zero-order valence-electron chi connectivity index (χ0n) is 44.0. The Kier molecular flexibility index (Phi) is 8.50. The first-order chi connectivity index (χ1) is 38.8. The average Bonchev–Trinajstić information content (AvgIpc) is 4.10. The predicted molar refractivity (Wildman–Crippen MR) is 308 cm³/mol. The number of aromatic nitrogens is 1. The van der Waals surface area contributed by atoms with E-state index in [0.717, 1.165) is 106 Å². The largest absolute Gasteiger partial charge is 0.454 e. The van der Waals surface area contributed by atoms with Gasteiger partial charge in [0.1, 0.15) is 11.7 Å². The lowest BCUT2D eigenvalue weighted by Gasteiger charge is -2.45. The molecule has 13 aromatic rings. The molecule has 346 valence electrons. The number of anilines is 6. The number of benzene rings is 11. The number of hydrogen-bond acceptors (Lipinski definition) is 5. The summed E-state index contributed by atoms with van der Waals surface area (Å²) in [5, 5.41) is 24.4. The first-order valence-electron chi connectivity index (χ1n) is 26.9. The van der Waals surface area contributed by atoms with Gasteiger partial charge >= 0.3 is 0 Å². The van der Waals surface area contributed by atoms with E-state index in [9.17, 15) is 13.3 Å². The zero-order chi connectivity index (χ0) is 53.2. The Bertz CT molecular complexity index is 4850. The lowest BCUT2D eigenvalue weighted by Crippen LogP contribution is -2.61. The van der Waals surface area contributed by atoms with Gasteiger partial charge in [-0.1, -0.05) is 182 Å². The van der Waals surface area contributed by atoms with Crippen molar-refractivity contribution in [3.63, 3.8) is 0 Å². The molecule has 6 nitrogen and oxygen atoms in total. The Labute approximate surface area is 438 Å². The summed E-state index contributed by atoms with van der Waals surface area (Å²) in [5.74, 6) is 0. The third-order valence-electron chi connectivity index (χ3n) is 15.2. The standard InChI is InChI=1S/C68H40BN5O/c70-41-45-23-7-9-25-48(45)47-37-63-66-64(38-47)74(59-32-16-11-27-50(59)44-21-5-2-6-22-44)67-55(36-35-53-52-29-13-18-34-65(52)75-68(53)67)69(66)56-39-54-51-28-12-17-33-60(51)72(57-30-14-8-24-46(57)42-71)61(54)40-62(56)73(63)58-31-15-10-26-49(58)43-19-3-1-4-20-43/h1-40H/i13D,18D,29D,34D. The van der Waals surface area contributed by atoms with Crippen LogP contribution in [0.15, 0.2) is 247 Å². The predicted octanol–water partition coefficient (Wildman–Crippen LogP) is 15.5. The molecule has 2 aliphatic heterocycles. The topological polar surface area (TPSA) is 72.1 Å². The summed E-state index contributed by atoms with van der Waals surface area (Å²) in [5.41, 5.74) is 17.7. The molecule has 0 bridgehead atoms. The van der Waals surface area contributed by atoms with E-state index in [-0.39, 0.29) is 29.8 Å². The fourth-order valence-corrected chi connectivity index (χ4v) is 12.1. The van der Waals surface area contributed by atoms with Gasteiger partial charge in [-0.2, -0.15) is 10.5 Å². The highest BCUT2D eigenvalue weighted by molar-refractivity contribution is 7.00. The number of nitrogens with zero attached hydrogens (tertiary/aromatic N) is 5. The van der Waals surface area contributed by atoms with Crippen LogP contribution in [0, 0.1) is 22.7 Å². The van der Waals surface area contributed by atoms with Crippen LogP contribution in [0.3, 0.4) is 0 Å². The number of nitriles is 2. The van der Waals surface area contributed by atoms with Crippen molar-refractivity contribution in [3.8, 4) is 51.2 Å². The van der Waals surface area contributed by atoms with Crippen LogP contribution in [0.25, 0.3) is 82.8 Å². The second kappa shape index (κ2) is 16.6. The summed E-state index contributed by atoms with van der Waals surface area (Å²) in [4.78, 5) is 4.65. The van der Waals surface area contributed by atoms with Crippen LogP contribution in [0.1, 0.15) is 16.6 Å². The molecular weight excluding hydrogens is 914 g/mol. The van der Waals surface area contributed by atoms with Gasteiger partial charge < -0.3 is 18.8 Å². The zero-order valence-corrected chi connectivity index (χ0v) is 40.0. The molecular formula is C68H40BN5O. The van der Waals surface area contributed by atoms with E-state index in [4.69, 9.17) is 7.16 Å². The molecule has 11 aromatic carbocycles. The number of para-hydroxylation sites is 5. The van der Waals surface area contributed by atoms with Crippen molar-refractivity contribution in [1.82, 2.24) is 4.57 Å². The molecule has 0 amide bonds. The summed E-state index contributed by atoms with van der Waals surface area (Å²) in [6.45, 7) is -0.476. The summed E-state index contributed by atoms with van der Waals surface area (Å²) >= 11 is 0. The van der Waals surface area contributed by atoms with Crippen LogP contribution in [-0.2, 0) is 0 Å². The molecule has 0 saturated carbocycles. The van der Waals surface area contributed by atoms with E-state index in [1.54, 1.807) is 0 Å². The quantitative estimate of drug-likeness (QED) is 0.155. The fraction of sp³-hybridized carbons (Fsp3) is 0. The summed E-state index contributed by atoms with van der Waals surface area (Å²) in [7, 11) is 0. The van der Waals surface area contributed by atoms with Gasteiger partial charge in [-0.05, 0) is 99.3 Å². The number of hydrogen-bond donors (Lipinski definition) is 0. The maximum absolute atomic E-state index is 10.9. The Morgan fingerprint density at radius 1 is 0.413 bits per heavy atom. The van der Waals surface area contributed by atoms with Gasteiger partial charge in [-0.25, -0.2) is 0 Å². The molecule has 4 heterocycles. The third-order valence-corrected chi connectivity index (χ3v) is 15.2.